The van der Waals surface area contributed by atoms with Crippen molar-refractivity contribution in [1.82, 2.24) is 9.80 Å². The Kier molecular flexibility index (Phi) is 1.44. The topological polar surface area (TPSA) is 6.48 Å². The predicted octanol–water partition coefficient (Wildman–Crippen LogP) is 0.430. The van der Waals surface area contributed by atoms with Crippen molar-refractivity contribution in [2.75, 3.05) is 39.2 Å². The molecule has 0 aliphatic carbocycles. The molecule has 58 valence electrons. The Morgan fingerprint density at radius 3 is 2.30 bits per heavy atom. The third-order valence-electron chi connectivity index (χ3n) is 2.50. The van der Waals surface area contributed by atoms with E-state index in [0.717, 1.165) is 0 Å². The van der Waals surface area contributed by atoms with Crippen molar-refractivity contribution in [3.8, 4) is 0 Å². The van der Waals surface area contributed by atoms with E-state index >= 15 is 0 Å². The molecule has 0 bridgehead atoms. The zero-order chi connectivity index (χ0) is 7.19. The third-order valence-corrected chi connectivity index (χ3v) is 2.84. The SMILES string of the molecule is CN1CC2(C1)CN(CCl)C2. The van der Waals surface area contributed by atoms with Gasteiger partial charge in [-0.3, -0.25) is 4.90 Å². The lowest BCUT2D eigenvalue weighted by atomic mass is 9.73. The molecule has 0 unspecified atom stereocenters. The van der Waals surface area contributed by atoms with Gasteiger partial charge in [-0.25, -0.2) is 0 Å². The van der Waals surface area contributed by atoms with Crippen molar-refractivity contribution >= 4 is 11.6 Å². The van der Waals surface area contributed by atoms with Crippen LogP contribution in [-0.4, -0.2) is 49.0 Å². The molecule has 2 aliphatic rings. The van der Waals surface area contributed by atoms with Crippen LogP contribution in [0.5, 0.6) is 0 Å². The zero-order valence-electron chi connectivity index (χ0n) is 6.31. The molecule has 2 heterocycles. The van der Waals surface area contributed by atoms with Crippen molar-refractivity contribution in [3.63, 3.8) is 0 Å². The molecule has 0 radical (unpaired) electrons. The molecule has 0 atom stereocenters. The summed E-state index contributed by atoms with van der Waals surface area (Å²) in [5, 5.41) is 0. The van der Waals surface area contributed by atoms with Gasteiger partial charge in [-0.1, -0.05) is 0 Å². The summed E-state index contributed by atoms with van der Waals surface area (Å²) in [4.78, 5) is 4.65. The smallest absolute Gasteiger partial charge is 0.0738 e. The van der Waals surface area contributed by atoms with E-state index in [1.54, 1.807) is 0 Å². The highest BCUT2D eigenvalue weighted by Crippen LogP contribution is 2.38. The molecule has 3 heteroatoms. The monoisotopic (exact) mass is 160 g/mol. The Balaban J connectivity index is 1.80. The van der Waals surface area contributed by atoms with Gasteiger partial charge in [0, 0.05) is 31.6 Å². The van der Waals surface area contributed by atoms with Gasteiger partial charge in [0.05, 0.1) is 6.00 Å². The Hall–Kier alpha value is 0.210. The number of alkyl halides is 1. The normalized spacial score (nSPS) is 31.8. The molecule has 2 rings (SSSR count). The van der Waals surface area contributed by atoms with Gasteiger partial charge < -0.3 is 4.90 Å². The lowest BCUT2D eigenvalue weighted by Crippen LogP contribution is -2.70. The largest absolute Gasteiger partial charge is 0.305 e. The number of rotatable bonds is 1. The minimum Gasteiger partial charge on any atom is -0.305 e. The molecule has 0 amide bonds. The summed E-state index contributed by atoms with van der Waals surface area (Å²) in [5.74, 6) is 0. The number of likely N-dealkylation sites (tertiary alicyclic amines) is 2. The van der Waals surface area contributed by atoms with Crippen LogP contribution in [0.3, 0.4) is 0 Å². The van der Waals surface area contributed by atoms with E-state index in [4.69, 9.17) is 11.6 Å². The fourth-order valence-electron chi connectivity index (χ4n) is 2.29. The first-order chi connectivity index (χ1) is 4.74. The summed E-state index contributed by atoms with van der Waals surface area (Å²) in [7, 11) is 2.18. The predicted molar refractivity (Wildman–Crippen MR) is 42.2 cm³/mol. The van der Waals surface area contributed by atoms with Crippen LogP contribution in [0, 0.1) is 5.41 Å². The molecule has 0 saturated carbocycles. The number of hydrogen-bond donors (Lipinski definition) is 0. The molecule has 2 fully saturated rings. The number of hydrogen-bond acceptors (Lipinski definition) is 2. The Morgan fingerprint density at radius 2 is 1.90 bits per heavy atom. The Morgan fingerprint density at radius 1 is 1.30 bits per heavy atom. The van der Waals surface area contributed by atoms with E-state index in [2.05, 4.69) is 16.8 Å². The fourth-order valence-corrected chi connectivity index (χ4v) is 2.45. The van der Waals surface area contributed by atoms with E-state index in [1.165, 1.54) is 26.2 Å². The van der Waals surface area contributed by atoms with Gasteiger partial charge in [-0.05, 0) is 7.05 Å². The Bertz CT molecular complexity index is 135. The van der Waals surface area contributed by atoms with Gasteiger partial charge in [0.1, 0.15) is 0 Å². The average molecular weight is 161 g/mol. The molecule has 0 aromatic rings. The number of nitrogens with zero attached hydrogens (tertiary/aromatic N) is 2. The fraction of sp³-hybridized carbons (Fsp3) is 1.00. The van der Waals surface area contributed by atoms with E-state index in [0.29, 0.717) is 11.4 Å². The maximum atomic E-state index is 5.66. The van der Waals surface area contributed by atoms with Crippen LogP contribution in [0.4, 0.5) is 0 Å². The molecule has 10 heavy (non-hydrogen) atoms. The summed E-state index contributed by atoms with van der Waals surface area (Å²) in [6.07, 6.45) is 0. The Labute approximate surface area is 66.7 Å². The van der Waals surface area contributed by atoms with Crippen LogP contribution < -0.4 is 0 Å². The van der Waals surface area contributed by atoms with Crippen molar-refractivity contribution in [1.29, 1.82) is 0 Å². The van der Waals surface area contributed by atoms with Crippen molar-refractivity contribution in [2.24, 2.45) is 5.41 Å². The van der Waals surface area contributed by atoms with Crippen molar-refractivity contribution < 1.29 is 0 Å². The summed E-state index contributed by atoms with van der Waals surface area (Å²) in [6, 6.07) is 0.714. The molecular weight excluding hydrogens is 148 g/mol. The zero-order valence-corrected chi connectivity index (χ0v) is 7.06. The van der Waals surface area contributed by atoms with Gasteiger partial charge in [0.2, 0.25) is 0 Å². The lowest BCUT2D eigenvalue weighted by molar-refractivity contribution is -0.0961. The average Bonchev–Trinajstić information content (AvgIpc) is 1.74. The van der Waals surface area contributed by atoms with E-state index < -0.39 is 0 Å². The van der Waals surface area contributed by atoms with Gasteiger partial charge in [-0.2, -0.15) is 0 Å². The first-order valence-corrected chi connectivity index (χ1v) is 4.24. The third kappa shape index (κ3) is 0.865. The molecule has 2 aliphatic heterocycles. The number of halogens is 1. The highest BCUT2D eigenvalue weighted by molar-refractivity contribution is 6.17. The molecule has 2 saturated heterocycles. The van der Waals surface area contributed by atoms with Gasteiger partial charge in [-0.15, -0.1) is 11.6 Å². The van der Waals surface area contributed by atoms with Crippen molar-refractivity contribution in [2.45, 2.75) is 0 Å². The van der Waals surface area contributed by atoms with Crippen LogP contribution in [0.2, 0.25) is 0 Å². The maximum absolute atomic E-state index is 5.66. The van der Waals surface area contributed by atoms with Crippen LogP contribution in [0.25, 0.3) is 0 Å². The first-order valence-electron chi connectivity index (χ1n) is 3.71. The van der Waals surface area contributed by atoms with Gasteiger partial charge >= 0.3 is 0 Å². The first kappa shape index (κ1) is 6.89. The highest BCUT2D eigenvalue weighted by Gasteiger charge is 2.49. The lowest BCUT2D eigenvalue weighted by Gasteiger charge is -2.59. The van der Waals surface area contributed by atoms with Gasteiger partial charge in [0.25, 0.3) is 0 Å². The van der Waals surface area contributed by atoms with Crippen molar-refractivity contribution in [3.05, 3.63) is 0 Å². The summed E-state index contributed by atoms with van der Waals surface area (Å²) >= 11 is 5.66. The van der Waals surface area contributed by atoms with Gasteiger partial charge in [0.15, 0.2) is 0 Å². The second kappa shape index (κ2) is 2.10. The molecular formula is C7H13ClN2. The van der Waals surface area contributed by atoms with E-state index in [1.807, 2.05) is 0 Å². The molecule has 0 N–H and O–H groups in total. The second-order valence-corrected chi connectivity index (χ2v) is 4.02. The van der Waals surface area contributed by atoms with Crippen LogP contribution >= 0.6 is 11.6 Å². The summed E-state index contributed by atoms with van der Waals surface area (Å²) < 4.78 is 0. The van der Waals surface area contributed by atoms with Crippen LogP contribution in [0.15, 0.2) is 0 Å². The van der Waals surface area contributed by atoms with E-state index in [9.17, 15) is 0 Å². The highest BCUT2D eigenvalue weighted by atomic mass is 35.5. The minimum absolute atomic E-state index is 0.656. The van der Waals surface area contributed by atoms with Crippen LogP contribution in [0.1, 0.15) is 0 Å². The second-order valence-electron chi connectivity index (χ2n) is 3.78. The van der Waals surface area contributed by atoms with E-state index in [-0.39, 0.29) is 0 Å². The molecule has 2 nitrogen and oxygen atoms in total. The molecule has 1 spiro atoms. The summed E-state index contributed by atoms with van der Waals surface area (Å²) in [5.41, 5.74) is 0.656. The maximum Gasteiger partial charge on any atom is 0.0738 e. The standard InChI is InChI=1S/C7H13ClN2/c1-9-2-7(3-9)4-10(5-7)6-8/h2-6H2,1H3. The molecule has 0 aromatic heterocycles. The van der Waals surface area contributed by atoms with Crippen LogP contribution in [-0.2, 0) is 0 Å². The quantitative estimate of drug-likeness (QED) is 0.406. The molecule has 0 aromatic carbocycles. The minimum atomic E-state index is 0.656. The summed E-state index contributed by atoms with van der Waals surface area (Å²) in [6.45, 7) is 5.00.